The Kier molecular flexibility index (Phi) is 4.99. The summed E-state index contributed by atoms with van der Waals surface area (Å²) in [6.45, 7) is 7.18. The van der Waals surface area contributed by atoms with Crippen LogP contribution < -0.4 is 0 Å². The number of pyridine rings is 1. The number of hydrogen-bond acceptors (Lipinski definition) is 4. The highest BCUT2D eigenvalue weighted by Gasteiger charge is 2.30. The lowest BCUT2D eigenvalue weighted by atomic mass is 9.90. The first-order chi connectivity index (χ1) is 12.0. The number of aromatic carboxylic acids is 1. The number of rotatable bonds is 6. The molecule has 0 amide bonds. The van der Waals surface area contributed by atoms with E-state index in [-0.39, 0.29) is 5.69 Å². The van der Waals surface area contributed by atoms with E-state index in [0.29, 0.717) is 12.6 Å². The zero-order valence-electron chi connectivity index (χ0n) is 14.8. The number of likely N-dealkylation sites (N-methyl/N-ethyl adjacent to an activating group) is 1. The third-order valence-corrected chi connectivity index (χ3v) is 5.00. The second-order valence-corrected chi connectivity index (χ2v) is 6.66. The van der Waals surface area contributed by atoms with E-state index >= 15 is 0 Å². The van der Waals surface area contributed by atoms with Crippen molar-refractivity contribution in [1.82, 2.24) is 19.7 Å². The van der Waals surface area contributed by atoms with Crippen molar-refractivity contribution in [2.24, 2.45) is 0 Å². The van der Waals surface area contributed by atoms with Gasteiger partial charge in [-0.1, -0.05) is 6.08 Å². The van der Waals surface area contributed by atoms with Gasteiger partial charge < -0.3 is 5.11 Å². The second-order valence-electron chi connectivity index (χ2n) is 6.66. The smallest absolute Gasteiger partial charge is 0.356 e. The fourth-order valence-electron chi connectivity index (χ4n) is 3.57. The first-order valence-electron chi connectivity index (χ1n) is 8.53. The minimum atomic E-state index is -0.952. The molecule has 25 heavy (non-hydrogen) atoms. The molecule has 3 rings (SSSR count). The van der Waals surface area contributed by atoms with Crippen molar-refractivity contribution >= 4 is 5.97 Å². The molecule has 0 radical (unpaired) electrons. The van der Waals surface area contributed by atoms with Crippen molar-refractivity contribution in [2.75, 3.05) is 7.05 Å². The van der Waals surface area contributed by atoms with E-state index in [4.69, 9.17) is 0 Å². The van der Waals surface area contributed by atoms with Crippen LogP contribution >= 0.6 is 0 Å². The van der Waals surface area contributed by atoms with Crippen LogP contribution in [0.15, 0.2) is 31.1 Å². The van der Waals surface area contributed by atoms with Gasteiger partial charge >= 0.3 is 5.97 Å². The fraction of sp³-hybridized carbons (Fsp3) is 0.421. The maximum Gasteiger partial charge on any atom is 0.356 e. The monoisotopic (exact) mass is 340 g/mol. The van der Waals surface area contributed by atoms with Crippen LogP contribution in [0.5, 0.6) is 0 Å². The zero-order valence-corrected chi connectivity index (χ0v) is 14.8. The molecule has 6 nitrogen and oxygen atoms in total. The normalized spacial score (nSPS) is 16.7. The van der Waals surface area contributed by atoms with E-state index in [2.05, 4.69) is 35.5 Å². The third kappa shape index (κ3) is 3.49. The van der Waals surface area contributed by atoms with E-state index < -0.39 is 5.97 Å². The molecule has 1 N–H and O–H groups in total. The molecule has 0 aliphatic heterocycles. The molecule has 0 aromatic carbocycles. The SMILES string of the molecule is C=CCn1nc(C(=O)O)c2c1CC[C@H](N(C)Cc1ccncc1C)C2. The third-order valence-electron chi connectivity index (χ3n) is 5.00. The number of hydrogen-bond donors (Lipinski definition) is 1. The Bertz CT molecular complexity index is 797. The number of carboxylic acid groups (broad SMARTS) is 1. The Hall–Kier alpha value is -2.47. The Balaban J connectivity index is 1.81. The van der Waals surface area contributed by atoms with Crippen LogP contribution in [0, 0.1) is 6.92 Å². The summed E-state index contributed by atoms with van der Waals surface area (Å²) in [4.78, 5) is 18.0. The lowest BCUT2D eigenvalue weighted by molar-refractivity contribution is 0.0687. The average Bonchev–Trinajstić information content (AvgIpc) is 2.95. The number of aryl methyl sites for hydroxylation is 1. The molecule has 0 saturated carbocycles. The van der Waals surface area contributed by atoms with E-state index in [1.807, 2.05) is 18.5 Å². The largest absolute Gasteiger partial charge is 0.476 e. The molecule has 1 aliphatic rings. The van der Waals surface area contributed by atoms with Gasteiger partial charge in [-0.15, -0.1) is 6.58 Å². The topological polar surface area (TPSA) is 71.2 Å². The van der Waals surface area contributed by atoms with Crippen LogP contribution in [0.1, 0.15) is 39.3 Å². The highest BCUT2D eigenvalue weighted by molar-refractivity contribution is 5.87. The van der Waals surface area contributed by atoms with Gasteiger partial charge in [0.05, 0.1) is 6.54 Å². The van der Waals surface area contributed by atoms with Gasteiger partial charge in [0.1, 0.15) is 0 Å². The van der Waals surface area contributed by atoms with Crippen molar-refractivity contribution in [2.45, 2.75) is 45.3 Å². The molecular formula is C19H24N4O2. The summed E-state index contributed by atoms with van der Waals surface area (Å²) in [6, 6.07) is 2.35. The Morgan fingerprint density at radius 1 is 1.56 bits per heavy atom. The summed E-state index contributed by atoms with van der Waals surface area (Å²) in [5.41, 5.74) is 4.54. The highest BCUT2D eigenvalue weighted by Crippen LogP contribution is 2.28. The van der Waals surface area contributed by atoms with E-state index in [1.165, 1.54) is 11.1 Å². The van der Waals surface area contributed by atoms with Gasteiger partial charge in [-0.2, -0.15) is 5.10 Å². The number of fused-ring (bicyclic) bond motifs is 1. The van der Waals surface area contributed by atoms with Crippen molar-refractivity contribution in [3.8, 4) is 0 Å². The molecular weight excluding hydrogens is 316 g/mol. The number of nitrogens with zero attached hydrogens (tertiary/aromatic N) is 4. The molecule has 2 aromatic rings. The molecule has 0 fully saturated rings. The molecule has 1 atom stereocenters. The van der Waals surface area contributed by atoms with Crippen LogP contribution in [-0.2, 0) is 25.9 Å². The molecule has 0 saturated heterocycles. The predicted molar refractivity (Wildman–Crippen MR) is 95.6 cm³/mol. The Morgan fingerprint density at radius 3 is 3.04 bits per heavy atom. The molecule has 6 heteroatoms. The molecule has 0 bridgehead atoms. The van der Waals surface area contributed by atoms with Crippen molar-refractivity contribution in [3.05, 3.63) is 59.2 Å². The van der Waals surface area contributed by atoms with Crippen LogP contribution in [0.2, 0.25) is 0 Å². The first kappa shape index (κ1) is 17.4. The average molecular weight is 340 g/mol. The number of carbonyl (C=O) groups is 1. The van der Waals surface area contributed by atoms with Crippen molar-refractivity contribution in [1.29, 1.82) is 0 Å². The summed E-state index contributed by atoms with van der Waals surface area (Å²) in [6.07, 6.45) is 8.00. The highest BCUT2D eigenvalue weighted by atomic mass is 16.4. The summed E-state index contributed by atoms with van der Waals surface area (Å²) in [5, 5.41) is 13.8. The molecule has 2 aromatic heterocycles. The summed E-state index contributed by atoms with van der Waals surface area (Å²) < 4.78 is 1.79. The molecule has 0 unspecified atom stereocenters. The van der Waals surface area contributed by atoms with Gasteiger partial charge in [0.2, 0.25) is 0 Å². The zero-order chi connectivity index (χ0) is 18.0. The van der Waals surface area contributed by atoms with Gasteiger partial charge in [0, 0.05) is 36.2 Å². The minimum Gasteiger partial charge on any atom is -0.476 e. The van der Waals surface area contributed by atoms with Crippen LogP contribution in [-0.4, -0.2) is 43.8 Å². The van der Waals surface area contributed by atoms with Gasteiger partial charge in [-0.3, -0.25) is 14.6 Å². The minimum absolute atomic E-state index is 0.190. The van der Waals surface area contributed by atoms with Gasteiger partial charge in [-0.25, -0.2) is 4.79 Å². The summed E-state index contributed by atoms with van der Waals surface area (Å²) in [7, 11) is 2.10. The summed E-state index contributed by atoms with van der Waals surface area (Å²) >= 11 is 0. The van der Waals surface area contributed by atoms with Crippen molar-refractivity contribution < 1.29 is 9.90 Å². The van der Waals surface area contributed by atoms with Crippen LogP contribution in [0.3, 0.4) is 0 Å². The lowest BCUT2D eigenvalue weighted by Crippen LogP contribution is -2.36. The van der Waals surface area contributed by atoms with Gasteiger partial charge in [0.15, 0.2) is 5.69 Å². The maximum absolute atomic E-state index is 11.6. The van der Waals surface area contributed by atoms with E-state index in [9.17, 15) is 9.90 Å². The van der Waals surface area contributed by atoms with E-state index in [1.54, 1.807) is 10.8 Å². The van der Waals surface area contributed by atoms with Gasteiger partial charge in [-0.05, 0) is 50.4 Å². The molecule has 2 heterocycles. The maximum atomic E-state index is 11.6. The number of carboxylic acids is 1. The Morgan fingerprint density at radius 2 is 2.36 bits per heavy atom. The number of allylic oxidation sites excluding steroid dienone is 1. The standard InChI is InChI=1S/C19H24N4O2/c1-4-9-23-17-6-5-15(10-16(17)18(21-23)19(24)25)22(3)12-14-7-8-20-11-13(14)2/h4,7-8,11,15H,1,5-6,9-10,12H2,2-3H3,(H,24,25)/t15-/m0/s1. The van der Waals surface area contributed by atoms with Gasteiger partial charge in [0.25, 0.3) is 0 Å². The fourth-order valence-corrected chi connectivity index (χ4v) is 3.57. The molecule has 0 spiro atoms. The number of aromatic nitrogens is 3. The second kappa shape index (κ2) is 7.19. The molecule has 132 valence electrons. The van der Waals surface area contributed by atoms with Crippen LogP contribution in [0.4, 0.5) is 0 Å². The van der Waals surface area contributed by atoms with Crippen molar-refractivity contribution in [3.63, 3.8) is 0 Å². The molecule has 1 aliphatic carbocycles. The lowest BCUT2D eigenvalue weighted by Gasteiger charge is -2.32. The quantitative estimate of drug-likeness (QED) is 0.818. The van der Waals surface area contributed by atoms with E-state index in [0.717, 1.165) is 37.1 Å². The predicted octanol–water partition coefficient (Wildman–Crippen LogP) is 2.46. The Labute approximate surface area is 147 Å². The summed E-state index contributed by atoms with van der Waals surface area (Å²) in [5.74, 6) is -0.952. The first-order valence-corrected chi connectivity index (χ1v) is 8.53. The van der Waals surface area contributed by atoms with Crippen LogP contribution in [0.25, 0.3) is 0 Å².